The van der Waals surface area contributed by atoms with Crippen LogP contribution in [0.3, 0.4) is 0 Å². The van der Waals surface area contributed by atoms with Gasteiger partial charge in [0.25, 0.3) is 0 Å². The topological polar surface area (TPSA) is 61.2 Å². The zero-order valence-electron chi connectivity index (χ0n) is 12.5. The van der Waals surface area contributed by atoms with Crippen LogP contribution in [0.15, 0.2) is 60.8 Å². The number of ether oxygens (including phenoxy) is 1. The van der Waals surface area contributed by atoms with Crippen molar-refractivity contribution in [3.05, 3.63) is 71.9 Å². The maximum Gasteiger partial charge on any atom is 0.337 e. The predicted octanol–water partition coefficient (Wildman–Crippen LogP) is 3.14. The van der Waals surface area contributed by atoms with Crippen molar-refractivity contribution in [1.82, 2.24) is 9.78 Å². The van der Waals surface area contributed by atoms with E-state index in [1.54, 1.807) is 35.1 Å². The highest BCUT2D eigenvalue weighted by Crippen LogP contribution is 2.22. The molecule has 2 aromatic carbocycles. The first-order chi connectivity index (χ1) is 11.2. The minimum Gasteiger partial charge on any atom is -0.465 e. The number of rotatable bonds is 4. The summed E-state index contributed by atoms with van der Waals surface area (Å²) in [5, 5.41) is 4.49. The summed E-state index contributed by atoms with van der Waals surface area (Å²) in [6, 6.07) is 16.3. The number of aldehydes is 1. The Hall–Kier alpha value is -3.21. The Kier molecular flexibility index (Phi) is 4.01. The first kappa shape index (κ1) is 14.7. The Labute approximate surface area is 133 Å². The van der Waals surface area contributed by atoms with Crippen molar-refractivity contribution in [1.29, 1.82) is 0 Å². The molecule has 3 aromatic rings. The molecule has 5 nitrogen and oxygen atoms in total. The summed E-state index contributed by atoms with van der Waals surface area (Å²) in [5.74, 6) is -0.393. The van der Waals surface area contributed by atoms with Gasteiger partial charge < -0.3 is 4.74 Å². The van der Waals surface area contributed by atoms with Gasteiger partial charge in [0.1, 0.15) is 5.69 Å². The second kappa shape index (κ2) is 6.27. The lowest BCUT2D eigenvalue weighted by Crippen LogP contribution is -2.02. The number of benzene rings is 2. The van der Waals surface area contributed by atoms with Crippen LogP contribution in [0.5, 0.6) is 0 Å². The van der Waals surface area contributed by atoms with E-state index in [1.807, 2.05) is 30.3 Å². The van der Waals surface area contributed by atoms with Gasteiger partial charge in [-0.25, -0.2) is 9.48 Å². The number of esters is 1. The van der Waals surface area contributed by atoms with Crippen molar-refractivity contribution >= 4 is 12.3 Å². The van der Waals surface area contributed by atoms with Gasteiger partial charge in [-0.1, -0.05) is 30.3 Å². The van der Waals surface area contributed by atoms with Gasteiger partial charge in [-0.15, -0.1) is 0 Å². The normalized spacial score (nSPS) is 10.3. The number of methoxy groups -OCH3 is 1. The van der Waals surface area contributed by atoms with Crippen molar-refractivity contribution in [2.45, 2.75) is 0 Å². The van der Waals surface area contributed by atoms with Gasteiger partial charge in [-0.2, -0.15) is 5.10 Å². The largest absolute Gasteiger partial charge is 0.465 e. The standard InChI is InChI=1S/C18H14N2O3/c1-23-18(22)14-7-9-16(10-8-14)20-11-15(12-21)17(19-20)13-5-3-2-4-6-13/h2-12H,1H3. The molecule has 0 amide bonds. The van der Waals surface area contributed by atoms with Gasteiger partial charge in [-0.05, 0) is 24.3 Å². The van der Waals surface area contributed by atoms with Crippen LogP contribution < -0.4 is 0 Å². The number of hydrogen-bond donors (Lipinski definition) is 0. The number of carbonyl (C=O) groups excluding carboxylic acids is 2. The van der Waals surface area contributed by atoms with E-state index < -0.39 is 5.97 Å². The van der Waals surface area contributed by atoms with E-state index in [4.69, 9.17) is 0 Å². The van der Waals surface area contributed by atoms with Crippen LogP contribution in [0.2, 0.25) is 0 Å². The second-order valence-electron chi connectivity index (χ2n) is 4.90. The average molecular weight is 306 g/mol. The first-order valence-electron chi connectivity index (χ1n) is 7.02. The molecule has 0 unspecified atom stereocenters. The number of carbonyl (C=O) groups is 2. The van der Waals surface area contributed by atoms with Gasteiger partial charge in [-0.3, -0.25) is 4.79 Å². The van der Waals surface area contributed by atoms with E-state index in [0.717, 1.165) is 17.5 Å². The Morgan fingerprint density at radius 2 is 1.78 bits per heavy atom. The monoisotopic (exact) mass is 306 g/mol. The summed E-state index contributed by atoms with van der Waals surface area (Å²) < 4.78 is 6.29. The van der Waals surface area contributed by atoms with Crippen LogP contribution in [0.4, 0.5) is 0 Å². The molecule has 114 valence electrons. The van der Waals surface area contributed by atoms with Crippen molar-refractivity contribution in [3.8, 4) is 16.9 Å². The van der Waals surface area contributed by atoms with E-state index in [2.05, 4.69) is 9.84 Å². The Morgan fingerprint density at radius 3 is 2.39 bits per heavy atom. The molecule has 0 saturated carbocycles. The van der Waals surface area contributed by atoms with Crippen molar-refractivity contribution in [2.75, 3.05) is 7.11 Å². The zero-order chi connectivity index (χ0) is 16.2. The highest BCUT2D eigenvalue weighted by atomic mass is 16.5. The molecule has 0 saturated heterocycles. The van der Waals surface area contributed by atoms with Gasteiger partial charge in [0.05, 0.1) is 23.9 Å². The molecule has 1 heterocycles. The van der Waals surface area contributed by atoms with Crippen molar-refractivity contribution in [3.63, 3.8) is 0 Å². The Balaban J connectivity index is 1.99. The number of hydrogen-bond acceptors (Lipinski definition) is 4. The lowest BCUT2D eigenvalue weighted by molar-refractivity contribution is 0.0600. The minimum atomic E-state index is -0.393. The van der Waals surface area contributed by atoms with Gasteiger partial charge in [0.2, 0.25) is 0 Å². The molecule has 0 aliphatic rings. The van der Waals surface area contributed by atoms with Crippen LogP contribution in [0.25, 0.3) is 16.9 Å². The predicted molar refractivity (Wildman–Crippen MR) is 85.7 cm³/mol. The lowest BCUT2D eigenvalue weighted by Gasteiger charge is -2.03. The van der Waals surface area contributed by atoms with E-state index in [-0.39, 0.29) is 0 Å². The highest BCUT2D eigenvalue weighted by molar-refractivity contribution is 5.89. The number of nitrogens with zero attached hydrogens (tertiary/aromatic N) is 2. The van der Waals surface area contributed by atoms with Crippen LogP contribution in [0, 0.1) is 0 Å². The second-order valence-corrected chi connectivity index (χ2v) is 4.90. The Morgan fingerprint density at radius 1 is 1.09 bits per heavy atom. The number of aromatic nitrogens is 2. The molecule has 5 heteroatoms. The summed E-state index contributed by atoms with van der Waals surface area (Å²) in [6.45, 7) is 0. The maximum atomic E-state index is 11.5. The average Bonchev–Trinajstić information content (AvgIpc) is 3.06. The van der Waals surface area contributed by atoms with E-state index in [1.165, 1.54) is 7.11 Å². The third-order valence-electron chi connectivity index (χ3n) is 3.47. The molecule has 0 fully saturated rings. The summed E-state index contributed by atoms with van der Waals surface area (Å²) >= 11 is 0. The molecule has 3 rings (SSSR count). The molecule has 0 bridgehead atoms. The third kappa shape index (κ3) is 2.89. The summed E-state index contributed by atoms with van der Waals surface area (Å²) in [4.78, 5) is 22.8. The first-order valence-corrected chi connectivity index (χ1v) is 7.02. The van der Waals surface area contributed by atoms with Crippen molar-refractivity contribution in [2.24, 2.45) is 0 Å². The molecule has 0 atom stereocenters. The third-order valence-corrected chi connectivity index (χ3v) is 3.47. The smallest absolute Gasteiger partial charge is 0.337 e. The molecule has 0 aliphatic heterocycles. The molecule has 0 radical (unpaired) electrons. The van der Waals surface area contributed by atoms with Crippen molar-refractivity contribution < 1.29 is 14.3 Å². The van der Waals surface area contributed by atoms with Gasteiger partial charge in [0, 0.05) is 11.8 Å². The fourth-order valence-corrected chi connectivity index (χ4v) is 2.29. The molecule has 0 aliphatic carbocycles. The van der Waals surface area contributed by atoms with Crippen LogP contribution in [0.1, 0.15) is 20.7 Å². The van der Waals surface area contributed by atoms with E-state index in [0.29, 0.717) is 16.8 Å². The molecule has 0 N–H and O–H groups in total. The van der Waals surface area contributed by atoms with Gasteiger partial charge in [0.15, 0.2) is 6.29 Å². The van der Waals surface area contributed by atoms with Crippen LogP contribution >= 0.6 is 0 Å². The highest BCUT2D eigenvalue weighted by Gasteiger charge is 2.12. The fraction of sp³-hybridized carbons (Fsp3) is 0.0556. The molecular formula is C18H14N2O3. The SMILES string of the molecule is COC(=O)c1ccc(-n2cc(C=O)c(-c3ccccc3)n2)cc1. The fourth-order valence-electron chi connectivity index (χ4n) is 2.29. The molecular weight excluding hydrogens is 292 g/mol. The zero-order valence-corrected chi connectivity index (χ0v) is 12.5. The lowest BCUT2D eigenvalue weighted by atomic mass is 10.1. The van der Waals surface area contributed by atoms with Crippen LogP contribution in [-0.4, -0.2) is 29.1 Å². The van der Waals surface area contributed by atoms with Crippen LogP contribution in [-0.2, 0) is 4.74 Å². The van der Waals surface area contributed by atoms with Gasteiger partial charge >= 0.3 is 5.97 Å². The summed E-state index contributed by atoms with van der Waals surface area (Å²) in [5.41, 5.74) is 3.22. The van der Waals surface area contributed by atoms with E-state index in [9.17, 15) is 9.59 Å². The summed E-state index contributed by atoms with van der Waals surface area (Å²) in [6.07, 6.45) is 2.46. The molecule has 1 aromatic heterocycles. The quantitative estimate of drug-likeness (QED) is 0.549. The minimum absolute atomic E-state index is 0.393. The summed E-state index contributed by atoms with van der Waals surface area (Å²) in [7, 11) is 1.34. The Bertz CT molecular complexity index is 836. The molecule has 23 heavy (non-hydrogen) atoms. The maximum absolute atomic E-state index is 11.5. The molecule has 0 spiro atoms. The van der Waals surface area contributed by atoms with E-state index >= 15 is 0 Å².